The van der Waals surface area contributed by atoms with Gasteiger partial charge in [-0.25, -0.2) is 0 Å². The summed E-state index contributed by atoms with van der Waals surface area (Å²) < 4.78 is 0. The van der Waals surface area contributed by atoms with E-state index in [1.807, 2.05) is 10.3 Å². The van der Waals surface area contributed by atoms with Crippen LogP contribution in [0, 0.1) is 5.92 Å². The van der Waals surface area contributed by atoms with Crippen molar-refractivity contribution in [2.24, 2.45) is 11.7 Å². The van der Waals surface area contributed by atoms with Gasteiger partial charge in [-0.05, 0) is 48.7 Å². The van der Waals surface area contributed by atoms with Gasteiger partial charge >= 0.3 is 0 Å². The summed E-state index contributed by atoms with van der Waals surface area (Å²) in [5.41, 5.74) is 6.88. The summed E-state index contributed by atoms with van der Waals surface area (Å²) in [6.45, 7) is 4.50. The molecule has 1 amide bonds. The van der Waals surface area contributed by atoms with Crippen LogP contribution in [-0.4, -0.2) is 30.4 Å². The fourth-order valence-electron chi connectivity index (χ4n) is 2.39. The molecule has 2 N–H and O–H groups in total. The van der Waals surface area contributed by atoms with Crippen molar-refractivity contribution < 1.29 is 4.79 Å². The average Bonchev–Trinajstić information content (AvgIpc) is 2.86. The minimum atomic E-state index is 0. The highest BCUT2D eigenvalue weighted by Gasteiger charge is 2.25. The largest absolute Gasteiger partial charge is 0.338 e. The van der Waals surface area contributed by atoms with Gasteiger partial charge in [0.2, 0.25) is 0 Å². The molecule has 3 nitrogen and oxygen atoms in total. The molecule has 1 saturated heterocycles. The van der Waals surface area contributed by atoms with Crippen molar-refractivity contribution in [2.45, 2.75) is 26.2 Å². The van der Waals surface area contributed by atoms with E-state index in [0.29, 0.717) is 12.5 Å². The molecule has 1 aliphatic rings. The third-order valence-electron chi connectivity index (χ3n) is 3.46. The van der Waals surface area contributed by atoms with Gasteiger partial charge < -0.3 is 10.6 Å². The Kier molecular flexibility index (Phi) is 6.12. The molecule has 1 fully saturated rings. The van der Waals surface area contributed by atoms with Crippen molar-refractivity contribution in [1.29, 1.82) is 0 Å². The van der Waals surface area contributed by atoms with E-state index in [1.54, 1.807) is 11.3 Å². The lowest BCUT2D eigenvalue weighted by Crippen LogP contribution is -2.42. The predicted molar refractivity (Wildman–Crippen MR) is 78.6 cm³/mol. The van der Waals surface area contributed by atoms with Crippen molar-refractivity contribution in [2.75, 3.05) is 19.6 Å². The summed E-state index contributed by atoms with van der Waals surface area (Å²) in [5.74, 6) is 0.688. The van der Waals surface area contributed by atoms with Crippen molar-refractivity contribution in [3.8, 4) is 0 Å². The maximum absolute atomic E-state index is 12.4. The van der Waals surface area contributed by atoms with E-state index in [4.69, 9.17) is 5.73 Å². The van der Waals surface area contributed by atoms with Gasteiger partial charge in [-0.1, -0.05) is 6.92 Å². The lowest BCUT2D eigenvalue weighted by Gasteiger charge is -2.32. The van der Waals surface area contributed by atoms with E-state index < -0.39 is 0 Å². The normalized spacial score (nSPS) is 19.4. The number of piperidine rings is 1. The molecule has 1 aromatic heterocycles. The zero-order chi connectivity index (χ0) is 12.3. The highest BCUT2D eigenvalue weighted by Crippen LogP contribution is 2.23. The molecule has 0 saturated carbocycles. The standard InChI is InChI=1S/C13H20N2OS.ClH/c1-2-11-5-7-17-12(11)13(16)15-6-3-4-10(8-14)9-15;/h5,7,10H,2-4,6,8-9,14H2,1H3;1H. The molecule has 18 heavy (non-hydrogen) atoms. The van der Waals surface area contributed by atoms with E-state index in [1.165, 1.54) is 5.56 Å². The van der Waals surface area contributed by atoms with Gasteiger partial charge in [0.25, 0.3) is 5.91 Å². The van der Waals surface area contributed by atoms with Crippen LogP contribution in [-0.2, 0) is 6.42 Å². The molecule has 2 rings (SSSR count). The SMILES string of the molecule is CCc1ccsc1C(=O)N1CCCC(CN)C1.Cl. The number of aryl methyl sites for hydroxylation is 1. The monoisotopic (exact) mass is 288 g/mol. The molecule has 1 unspecified atom stereocenters. The van der Waals surface area contributed by atoms with Gasteiger partial charge in [0.15, 0.2) is 0 Å². The second kappa shape index (κ2) is 7.12. The highest BCUT2D eigenvalue weighted by atomic mass is 35.5. The third-order valence-corrected chi connectivity index (χ3v) is 4.41. The number of hydrogen-bond donors (Lipinski definition) is 1. The fraction of sp³-hybridized carbons (Fsp3) is 0.615. The number of likely N-dealkylation sites (tertiary alicyclic amines) is 1. The van der Waals surface area contributed by atoms with E-state index in [9.17, 15) is 4.79 Å². The maximum Gasteiger partial charge on any atom is 0.264 e. The van der Waals surface area contributed by atoms with Crippen molar-refractivity contribution >= 4 is 29.7 Å². The van der Waals surface area contributed by atoms with Crippen molar-refractivity contribution in [3.05, 3.63) is 21.9 Å². The first-order valence-electron chi connectivity index (χ1n) is 6.32. The molecule has 1 aromatic rings. The van der Waals surface area contributed by atoms with Crippen LogP contribution in [0.25, 0.3) is 0 Å². The number of rotatable bonds is 3. The van der Waals surface area contributed by atoms with E-state index in [0.717, 1.165) is 37.2 Å². The number of amides is 1. The van der Waals surface area contributed by atoms with Crippen molar-refractivity contribution in [1.82, 2.24) is 4.90 Å². The second-order valence-corrected chi connectivity index (χ2v) is 5.54. The minimum Gasteiger partial charge on any atom is -0.338 e. The maximum atomic E-state index is 12.4. The Balaban J connectivity index is 0.00000162. The van der Waals surface area contributed by atoms with Crippen LogP contribution in [0.5, 0.6) is 0 Å². The van der Waals surface area contributed by atoms with Crippen LogP contribution < -0.4 is 5.73 Å². The van der Waals surface area contributed by atoms with Crippen LogP contribution in [0.2, 0.25) is 0 Å². The smallest absolute Gasteiger partial charge is 0.264 e. The number of halogens is 1. The number of carbonyl (C=O) groups is 1. The molecule has 1 aliphatic heterocycles. The lowest BCUT2D eigenvalue weighted by atomic mass is 9.98. The van der Waals surface area contributed by atoms with Gasteiger partial charge in [0.1, 0.15) is 0 Å². The number of nitrogens with two attached hydrogens (primary N) is 1. The van der Waals surface area contributed by atoms with E-state index in [-0.39, 0.29) is 18.3 Å². The minimum absolute atomic E-state index is 0. The topological polar surface area (TPSA) is 46.3 Å². The number of nitrogens with zero attached hydrogens (tertiary/aromatic N) is 1. The van der Waals surface area contributed by atoms with Gasteiger partial charge in [-0.3, -0.25) is 4.79 Å². The molecule has 0 spiro atoms. The fourth-order valence-corrected chi connectivity index (χ4v) is 3.35. The Labute approximate surface area is 119 Å². The van der Waals surface area contributed by atoms with Crippen LogP contribution in [0.15, 0.2) is 11.4 Å². The highest BCUT2D eigenvalue weighted by molar-refractivity contribution is 7.12. The van der Waals surface area contributed by atoms with Gasteiger partial charge in [0, 0.05) is 13.1 Å². The summed E-state index contributed by atoms with van der Waals surface area (Å²) in [7, 11) is 0. The lowest BCUT2D eigenvalue weighted by molar-refractivity contribution is 0.0682. The first-order chi connectivity index (χ1) is 8.26. The molecule has 2 heterocycles. The van der Waals surface area contributed by atoms with Crippen LogP contribution in [0.1, 0.15) is 35.0 Å². The van der Waals surface area contributed by atoms with Crippen LogP contribution in [0.3, 0.4) is 0 Å². The number of carbonyl (C=O) groups excluding carboxylic acids is 1. The number of hydrogen-bond acceptors (Lipinski definition) is 3. The van der Waals surface area contributed by atoms with E-state index >= 15 is 0 Å². The van der Waals surface area contributed by atoms with Gasteiger partial charge in [0.05, 0.1) is 4.88 Å². The quantitative estimate of drug-likeness (QED) is 0.929. The Morgan fingerprint density at radius 1 is 1.61 bits per heavy atom. The first-order valence-corrected chi connectivity index (χ1v) is 7.20. The third kappa shape index (κ3) is 3.25. The van der Waals surface area contributed by atoms with Crippen LogP contribution >= 0.6 is 23.7 Å². The Bertz CT molecular complexity index is 394. The molecule has 0 radical (unpaired) electrons. The molecule has 0 bridgehead atoms. The predicted octanol–water partition coefficient (Wildman–Crippen LogP) is 2.54. The Hall–Kier alpha value is -0.580. The zero-order valence-electron chi connectivity index (χ0n) is 10.7. The molecule has 0 aliphatic carbocycles. The Morgan fingerprint density at radius 2 is 2.39 bits per heavy atom. The summed E-state index contributed by atoms with van der Waals surface area (Å²) in [6.07, 6.45) is 3.17. The second-order valence-electron chi connectivity index (χ2n) is 4.62. The summed E-state index contributed by atoms with van der Waals surface area (Å²) >= 11 is 1.56. The summed E-state index contributed by atoms with van der Waals surface area (Å²) in [5, 5.41) is 2.01. The van der Waals surface area contributed by atoms with Gasteiger partial charge in [-0.2, -0.15) is 0 Å². The molecule has 0 aromatic carbocycles. The summed E-state index contributed by atoms with van der Waals surface area (Å²) in [6, 6.07) is 2.06. The van der Waals surface area contributed by atoms with Crippen molar-refractivity contribution in [3.63, 3.8) is 0 Å². The van der Waals surface area contributed by atoms with E-state index in [2.05, 4.69) is 13.0 Å². The Morgan fingerprint density at radius 3 is 3.06 bits per heavy atom. The molecule has 5 heteroatoms. The molecular weight excluding hydrogens is 268 g/mol. The molecular formula is C13H21ClN2OS. The number of thiophene rings is 1. The molecule has 1 atom stereocenters. The average molecular weight is 289 g/mol. The van der Waals surface area contributed by atoms with Gasteiger partial charge in [-0.15, -0.1) is 23.7 Å². The van der Waals surface area contributed by atoms with Crippen LogP contribution in [0.4, 0.5) is 0 Å². The zero-order valence-corrected chi connectivity index (χ0v) is 12.4. The summed E-state index contributed by atoms with van der Waals surface area (Å²) in [4.78, 5) is 15.3. The molecule has 102 valence electrons. The first kappa shape index (κ1) is 15.5.